The first kappa shape index (κ1) is 12.6. The second kappa shape index (κ2) is 4.32. The summed E-state index contributed by atoms with van der Waals surface area (Å²) < 4.78 is 14.5. The van der Waals surface area contributed by atoms with Crippen LogP contribution in [0.25, 0.3) is 10.9 Å². The lowest BCUT2D eigenvalue weighted by Crippen LogP contribution is -2.30. The first-order valence-electron chi connectivity index (χ1n) is 6.18. The number of β-amino-alcohol motifs (C(OH)–C–C–N with tert-alkyl or cyclic N) is 1. The maximum Gasteiger partial charge on any atom is 0.172 e. The smallest absolute Gasteiger partial charge is 0.172 e. The van der Waals surface area contributed by atoms with Crippen molar-refractivity contribution in [3.8, 4) is 0 Å². The molecule has 1 fully saturated rings. The normalized spacial score (nSPS) is 23.3. The zero-order valence-electron chi connectivity index (χ0n) is 10.5. The second-order valence-electron chi connectivity index (χ2n) is 5.26. The fourth-order valence-electron chi connectivity index (χ4n) is 2.53. The van der Waals surface area contributed by atoms with Gasteiger partial charge in [-0.1, -0.05) is 11.6 Å². The van der Waals surface area contributed by atoms with E-state index in [1.165, 1.54) is 6.20 Å². The van der Waals surface area contributed by atoms with Crippen molar-refractivity contribution in [1.82, 2.24) is 4.98 Å². The molecule has 3 nitrogen and oxygen atoms in total. The first-order chi connectivity index (χ1) is 8.98. The standard InChI is InChI=1S/C14H14ClFN2O/c1-14(19)5-7-18(8-14)11-3-2-9-10(15)4-6-17-13(9)12(11)16/h2-4,6,19H,5,7-8H2,1H3. The van der Waals surface area contributed by atoms with Crippen molar-refractivity contribution in [3.05, 3.63) is 35.2 Å². The molecule has 1 aliphatic heterocycles. The van der Waals surface area contributed by atoms with Crippen LogP contribution in [0, 0.1) is 5.82 Å². The Morgan fingerprint density at radius 2 is 2.21 bits per heavy atom. The molecule has 5 heteroatoms. The number of aliphatic hydroxyl groups is 1. The number of aromatic nitrogens is 1. The van der Waals surface area contributed by atoms with Gasteiger partial charge < -0.3 is 10.0 Å². The Morgan fingerprint density at radius 1 is 1.42 bits per heavy atom. The molecular formula is C14H14ClFN2O. The van der Waals surface area contributed by atoms with Gasteiger partial charge in [0.1, 0.15) is 5.52 Å². The molecule has 1 aromatic carbocycles. The van der Waals surface area contributed by atoms with Crippen LogP contribution in [0.4, 0.5) is 10.1 Å². The Balaban J connectivity index is 2.09. The highest BCUT2D eigenvalue weighted by Crippen LogP contribution is 2.33. The number of hydrogen-bond acceptors (Lipinski definition) is 3. The quantitative estimate of drug-likeness (QED) is 0.872. The van der Waals surface area contributed by atoms with Gasteiger partial charge in [0.25, 0.3) is 0 Å². The summed E-state index contributed by atoms with van der Waals surface area (Å²) in [5.41, 5.74) is -0.0139. The summed E-state index contributed by atoms with van der Waals surface area (Å²) in [6, 6.07) is 5.12. The van der Waals surface area contributed by atoms with Crippen LogP contribution in [-0.2, 0) is 0 Å². The molecule has 1 unspecified atom stereocenters. The minimum Gasteiger partial charge on any atom is -0.388 e. The summed E-state index contributed by atoms with van der Waals surface area (Å²) in [5, 5.41) is 11.1. The molecule has 2 aromatic rings. The molecule has 1 aromatic heterocycles. The number of fused-ring (bicyclic) bond motifs is 1. The molecule has 19 heavy (non-hydrogen) atoms. The molecule has 1 saturated heterocycles. The zero-order valence-corrected chi connectivity index (χ0v) is 11.3. The van der Waals surface area contributed by atoms with Gasteiger partial charge in [-0.3, -0.25) is 4.98 Å². The largest absolute Gasteiger partial charge is 0.388 e. The molecule has 0 spiro atoms. The molecule has 0 aliphatic carbocycles. The third-order valence-corrected chi connectivity index (χ3v) is 3.90. The SMILES string of the molecule is CC1(O)CCN(c2ccc3c(Cl)ccnc3c2F)C1. The zero-order chi connectivity index (χ0) is 13.6. The van der Waals surface area contributed by atoms with Gasteiger partial charge in [0.05, 0.1) is 16.3 Å². The summed E-state index contributed by atoms with van der Waals surface area (Å²) in [6.45, 7) is 2.83. The van der Waals surface area contributed by atoms with E-state index in [0.717, 1.165) is 0 Å². The molecule has 0 bridgehead atoms. The summed E-state index contributed by atoms with van der Waals surface area (Å²) in [4.78, 5) is 5.91. The molecule has 0 saturated carbocycles. The maximum absolute atomic E-state index is 14.5. The third kappa shape index (κ3) is 2.15. The summed E-state index contributed by atoms with van der Waals surface area (Å²) >= 11 is 6.03. The number of rotatable bonds is 1. The fraction of sp³-hybridized carbons (Fsp3) is 0.357. The lowest BCUT2D eigenvalue weighted by atomic mass is 10.1. The van der Waals surface area contributed by atoms with Crippen molar-refractivity contribution in [2.24, 2.45) is 0 Å². The minimum atomic E-state index is -0.761. The third-order valence-electron chi connectivity index (χ3n) is 3.57. The Kier molecular flexibility index (Phi) is 2.87. The average Bonchev–Trinajstić information content (AvgIpc) is 2.71. The number of nitrogens with zero attached hydrogens (tertiary/aromatic N) is 2. The fourth-order valence-corrected chi connectivity index (χ4v) is 2.74. The topological polar surface area (TPSA) is 36.4 Å². The van der Waals surface area contributed by atoms with Gasteiger partial charge in [-0.2, -0.15) is 0 Å². The highest BCUT2D eigenvalue weighted by atomic mass is 35.5. The van der Waals surface area contributed by atoms with E-state index in [1.54, 1.807) is 25.1 Å². The average molecular weight is 281 g/mol. The molecule has 3 rings (SSSR count). The number of benzene rings is 1. The Labute approximate surface area is 115 Å². The molecule has 0 radical (unpaired) electrons. The van der Waals surface area contributed by atoms with E-state index < -0.39 is 5.60 Å². The highest BCUT2D eigenvalue weighted by Gasteiger charge is 2.32. The van der Waals surface area contributed by atoms with E-state index in [0.29, 0.717) is 35.6 Å². The Hall–Kier alpha value is -1.39. The summed E-state index contributed by atoms with van der Waals surface area (Å²) in [6.07, 6.45) is 2.13. The van der Waals surface area contributed by atoms with E-state index >= 15 is 0 Å². The maximum atomic E-state index is 14.5. The van der Waals surface area contributed by atoms with Gasteiger partial charge in [-0.05, 0) is 31.5 Å². The molecule has 0 amide bonds. The predicted octanol–water partition coefficient (Wildman–Crippen LogP) is 2.99. The van der Waals surface area contributed by atoms with Crippen LogP contribution in [0.5, 0.6) is 0 Å². The molecule has 1 N–H and O–H groups in total. The van der Waals surface area contributed by atoms with E-state index in [4.69, 9.17) is 11.6 Å². The van der Waals surface area contributed by atoms with Gasteiger partial charge in [-0.15, -0.1) is 0 Å². The van der Waals surface area contributed by atoms with Crippen LogP contribution in [0.15, 0.2) is 24.4 Å². The van der Waals surface area contributed by atoms with Gasteiger partial charge in [0.2, 0.25) is 0 Å². The van der Waals surface area contributed by atoms with Crippen molar-refractivity contribution in [2.45, 2.75) is 18.9 Å². The van der Waals surface area contributed by atoms with Gasteiger partial charge in [0, 0.05) is 24.7 Å². The molecule has 2 heterocycles. The second-order valence-corrected chi connectivity index (χ2v) is 5.66. The van der Waals surface area contributed by atoms with Crippen LogP contribution in [-0.4, -0.2) is 28.8 Å². The van der Waals surface area contributed by atoms with E-state index in [-0.39, 0.29) is 11.3 Å². The van der Waals surface area contributed by atoms with Crippen LogP contribution in [0.1, 0.15) is 13.3 Å². The Morgan fingerprint density at radius 3 is 2.89 bits per heavy atom. The highest BCUT2D eigenvalue weighted by molar-refractivity contribution is 6.35. The lowest BCUT2D eigenvalue weighted by Gasteiger charge is -2.21. The molecule has 100 valence electrons. The van der Waals surface area contributed by atoms with Gasteiger partial charge in [0.15, 0.2) is 5.82 Å². The van der Waals surface area contributed by atoms with Crippen molar-refractivity contribution in [2.75, 3.05) is 18.0 Å². The van der Waals surface area contributed by atoms with E-state index in [9.17, 15) is 9.50 Å². The first-order valence-corrected chi connectivity index (χ1v) is 6.56. The Bertz CT molecular complexity index is 645. The van der Waals surface area contributed by atoms with Crippen LogP contribution in [0.3, 0.4) is 0 Å². The minimum absolute atomic E-state index is 0.275. The monoisotopic (exact) mass is 280 g/mol. The molecule has 1 aliphatic rings. The van der Waals surface area contributed by atoms with E-state index in [1.807, 2.05) is 4.90 Å². The van der Waals surface area contributed by atoms with Crippen LogP contribution in [0.2, 0.25) is 5.02 Å². The summed E-state index contributed by atoms with van der Waals surface area (Å²) in [5.74, 6) is -0.377. The number of hydrogen-bond donors (Lipinski definition) is 1. The molecular weight excluding hydrogens is 267 g/mol. The summed E-state index contributed by atoms with van der Waals surface area (Å²) in [7, 11) is 0. The van der Waals surface area contributed by atoms with Crippen molar-refractivity contribution in [3.63, 3.8) is 0 Å². The van der Waals surface area contributed by atoms with Crippen molar-refractivity contribution >= 4 is 28.2 Å². The van der Waals surface area contributed by atoms with Crippen molar-refractivity contribution < 1.29 is 9.50 Å². The van der Waals surface area contributed by atoms with Crippen LogP contribution < -0.4 is 4.90 Å². The molecule has 1 atom stereocenters. The van der Waals surface area contributed by atoms with Gasteiger partial charge >= 0.3 is 0 Å². The number of pyridine rings is 1. The number of anilines is 1. The van der Waals surface area contributed by atoms with Gasteiger partial charge in [-0.25, -0.2) is 4.39 Å². The lowest BCUT2D eigenvalue weighted by molar-refractivity contribution is 0.0839. The van der Waals surface area contributed by atoms with Crippen LogP contribution >= 0.6 is 11.6 Å². The van der Waals surface area contributed by atoms with E-state index in [2.05, 4.69) is 4.98 Å². The predicted molar refractivity (Wildman–Crippen MR) is 74.2 cm³/mol. The van der Waals surface area contributed by atoms with Crippen molar-refractivity contribution in [1.29, 1.82) is 0 Å². The number of halogens is 2.